The Morgan fingerprint density at radius 2 is 1.77 bits per heavy atom. The minimum Gasteiger partial charge on any atom is -0.355 e. The summed E-state index contributed by atoms with van der Waals surface area (Å²) < 4.78 is 0. The number of pyridine rings is 1. The van der Waals surface area contributed by atoms with Crippen LogP contribution in [0, 0.1) is 18.8 Å². The molecule has 1 aliphatic rings. The summed E-state index contributed by atoms with van der Waals surface area (Å²) in [6, 6.07) is 27.4. The maximum absolute atomic E-state index is 4.63. The molecule has 2 heterocycles. The summed E-state index contributed by atoms with van der Waals surface area (Å²) in [6.45, 7) is 4.88. The van der Waals surface area contributed by atoms with Crippen molar-refractivity contribution < 1.29 is 0 Å². The van der Waals surface area contributed by atoms with Crippen LogP contribution in [0.1, 0.15) is 22.4 Å². The summed E-state index contributed by atoms with van der Waals surface area (Å²) in [5, 5.41) is 4.68. The van der Waals surface area contributed by atoms with Gasteiger partial charge in [-0.25, -0.2) is 0 Å². The Bertz CT molecular complexity index is 1300. The van der Waals surface area contributed by atoms with E-state index in [0.29, 0.717) is 0 Å². The van der Waals surface area contributed by atoms with E-state index in [1.807, 2.05) is 19.1 Å². The molecular weight excluding hydrogens is 378 g/mol. The molecule has 0 atom stereocenters. The molecule has 0 saturated carbocycles. The largest absolute Gasteiger partial charge is 0.355 e. The highest BCUT2D eigenvalue weighted by atomic mass is 15.1. The third-order valence-electron chi connectivity index (χ3n) is 5.73. The van der Waals surface area contributed by atoms with Gasteiger partial charge in [0.15, 0.2) is 0 Å². The highest BCUT2D eigenvalue weighted by Gasteiger charge is 2.14. The molecule has 0 fully saturated rings. The molecule has 3 nitrogen and oxygen atoms in total. The third-order valence-corrected chi connectivity index (χ3v) is 5.73. The van der Waals surface area contributed by atoms with Crippen LogP contribution in [0.3, 0.4) is 0 Å². The van der Waals surface area contributed by atoms with E-state index in [9.17, 15) is 0 Å². The standard InChI is InChI=1S/C28H25N3/c1-21-18-28(26-13-4-5-14-27(26)29-21)30-25-12-6-8-22(19-25)9-7-16-31-17-15-23-10-2-3-11-24(23)20-31/h2-6,8,10-14,18-19H,15-17,20H2,1H3,(H,29,30). The second-order valence-corrected chi connectivity index (χ2v) is 8.07. The van der Waals surface area contributed by atoms with Gasteiger partial charge in [0.05, 0.1) is 12.1 Å². The number of aromatic nitrogens is 1. The van der Waals surface area contributed by atoms with E-state index in [4.69, 9.17) is 0 Å². The first kappa shape index (κ1) is 19.4. The molecule has 1 aliphatic heterocycles. The summed E-state index contributed by atoms with van der Waals surface area (Å²) in [7, 11) is 0. The second kappa shape index (κ2) is 8.63. The molecule has 0 aliphatic carbocycles. The fourth-order valence-electron chi connectivity index (χ4n) is 4.18. The zero-order chi connectivity index (χ0) is 21.0. The third kappa shape index (κ3) is 4.45. The van der Waals surface area contributed by atoms with Gasteiger partial charge in [0, 0.05) is 41.1 Å². The normalized spacial score (nSPS) is 13.3. The van der Waals surface area contributed by atoms with Crippen molar-refractivity contribution >= 4 is 22.3 Å². The fraction of sp³-hybridized carbons (Fsp3) is 0.179. The number of anilines is 2. The van der Waals surface area contributed by atoms with Crippen LogP contribution in [0.5, 0.6) is 0 Å². The lowest BCUT2D eigenvalue weighted by Gasteiger charge is -2.26. The molecule has 0 bridgehead atoms. The van der Waals surface area contributed by atoms with Crippen molar-refractivity contribution in [3.8, 4) is 11.8 Å². The molecule has 0 unspecified atom stereocenters. The van der Waals surface area contributed by atoms with E-state index in [2.05, 4.69) is 93.8 Å². The SMILES string of the molecule is Cc1cc(Nc2cccc(C#CCN3CCc4ccccc4C3)c2)c2ccccc2n1. The average Bonchev–Trinajstić information content (AvgIpc) is 2.79. The van der Waals surface area contributed by atoms with Gasteiger partial charge in [-0.3, -0.25) is 9.88 Å². The molecule has 0 radical (unpaired) electrons. The van der Waals surface area contributed by atoms with Gasteiger partial charge in [-0.2, -0.15) is 0 Å². The van der Waals surface area contributed by atoms with Gasteiger partial charge in [-0.1, -0.05) is 60.4 Å². The Morgan fingerprint density at radius 3 is 2.71 bits per heavy atom. The zero-order valence-electron chi connectivity index (χ0n) is 17.7. The summed E-state index contributed by atoms with van der Waals surface area (Å²) in [5.74, 6) is 6.72. The van der Waals surface area contributed by atoms with Crippen LogP contribution in [0.4, 0.5) is 11.4 Å². The molecule has 152 valence electrons. The lowest BCUT2D eigenvalue weighted by molar-refractivity contribution is 0.286. The summed E-state index contributed by atoms with van der Waals surface area (Å²) in [5.41, 5.74) is 8.04. The van der Waals surface area contributed by atoms with Crippen molar-refractivity contribution in [1.29, 1.82) is 0 Å². The highest BCUT2D eigenvalue weighted by molar-refractivity contribution is 5.93. The number of hydrogen-bond acceptors (Lipinski definition) is 3. The van der Waals surface area contributed by atoms with Crippen LogP contribution in [-0.2, 0) is 13.0 Å². The van der Waals surface area contributed by atoms with E-state index in [1.54, 1.807) is 0 Å². The zero-order valence-corrected chi connectivity index (χ0v) is 17.7. The molecule has 0 amide bonds. The molecule has 0 saturated heterocycles. The highest BCUT2D eigenvalue weighted by Crippen LogP contribution is 2.26. The molecule has 1 aromatic heterocycles. The number of nitrogens with zero attached hydrogens (tertiary/aromatic N) is 2. The first-order valence-corrected chi connectivity index (χ1v) is 10.8. The van der Waals surface area contributed by atoms with Gasteiger partial charge < -0.3 is 5.32 Å². The van der Waals surface area contributed by atoms with Crippen molar-refractivity contribution in [3.05, 3.63) is 101 Å². The first-order chi connectivity index (χ1) is 15.2. The molecule has 0 spiro atoms. The van der Waals surface area contributed by atoms with Crippen molar-refractivity contribution in [3.63, 3.8) is 0 Å². The summed E-state index contributed by atoms with van der Waals surface area (Å²) in [4.78, 5) is 7.05. The molecule has 3 aromatic carbocycles. The lowest BCUT2D eigenvalue weighted by Crippen LogP contribution is -2.30. The van der Waals surface area contributed by atoms with Crippen molar-refractivity contribution in [2.24, 2.45) is 0 Å². The maximum Gasteiger partial charge on any atom is 0.0726 e. The molecule has 5 rings (SSSR count). The maximum atomic E-state index is 4.63. The monoisotopic (exact) mass is 403 g/mol. The Labute approximate surface area is 183 Å². The summed E-state index contributed by atoms with van der Waals surface area (Å²) in [6.07, 6.45) is 1.11. The van der Waals surface area contributed by atoms with Crippen LogP contribution < -0.4 is 5.32 Å². The Morgan fingerprint density at radius 1 is 0.935 bits per heavy atom. The second-order valence-electron chi connectivity index (χ2n) is 8.07. The van der Waals surface area contributed by atoms with Gasteiger partial charge in [0.1, 0.15) is 0 Å². The van der Waals surface area contributed by atoms with E-state index >= 15 is 0 Å². The van der Waals surface area contributed by atoms with E-state index in [-0.39, 0.29) is 0 Å². The van der Waals surface area contributed by atoms with Crippen LogP contribution in [0.25, 0.3) is 10.9 Å². The Kier molecular flexibility index (Phi) is 5.39. The number of rotatable bonds is 3. The number of hydrogen-bond donors (Lipinski definition) is 1. The first-order valence-electron chi connectivity index (χ1n) is 10.8. The van der Waals surface area contributed by atoms with Gasteiger partial charge in [-0.05, 0) is 54.8 Å². The van der Waals surface area contributed by atoms with Gasteiger partial charge in [-0.15, -0.1) is 0 Å². The van der Waals surface area contributed by atoms with Crippen molar-refractivity contribution in [1.82, 2.24) is 9.88 Å². The van der Waals surface area contributed by atoms with Gasteiger partial charge >= 0.3 is 0 Å². The minimum absolute atomic E-state index is 0.792. The molecule has 31 heavy (non-hydrogen) atoms. The molecule has 3 heteroatoms. The van der Waals surface area contributed by atoms with Crippen LogP contribution in [-0.4, -0.2) is 23.0 Å². The smallest absolute Gasteiger partial charge is 0.0726 e. The van der Waals surface area contributed by atoms with Gasteiger partial charge in [0.25, 0.3) is 0 Å². The number of benzene rings is 3. The van der Waals surface area contributed by atoms with Crippen molar-refractivity contribution in [2.75, 3.05) is 18.4 Å². The van der Waals surface area contributed by atoms with Crippen LogP contribution in [0.2, 0.25) is 0 Å². The van der Waals surface area contributed by atoms with Crippen LogP contribution >= 0.6 is 0 Å². The summed E-state index contributed by atoms with van der Waals surface area (Å²) >= 11 is 0. The Balaban J connectivity index is 1.30. The van der Waals surface area contributed by atoms with Crippen molar-refractivity contribution in [2.45, 2.75) is 19.9 Å². The molecule has 1 N–H and O–H groups in total. The van der Waals surface area contributed by atoms with E-state index < -0.39 is 0 Å². The number of aryl methyl sites for hydroxylation is 1. The number of para-hydroxylation sites is 1. The Hall–Kier alpha value is -3.61. The predicted molar refractivity (Wildman–Crippen MR) is 129 cm³/mol. The average molecular weight is 404 g/mol. The van der Waals surface area contributed by atoms with Crippen LogP contribution in [0.15, 0.2) is 78.9 Å². The predicted octanol–water partition coefficient (Wildman–Crippen LogP) is 5.70. The van der Waals surface area contributed by atoms with E-state index in [0.717, 1.165) is 59.6 Å². The fourth-order valence-corrected chi connectivity index (χ4v) is 4.18. The lowest BCUT2D eigenvalue weighted by atomic mass is 10.00. The minimum atomic E-state index is 0.792. The van der Waals surface area contributed by atoms with E-state index in [1.165, 1.54) is 11.1 Å². The number of fused-ring (bicyclic) bond motifs is 2. The quantitative estimate of drug-likeness (QED) is 0.445. The topological polar surface area (TPSA) is 28.2 Å². The molecule has 4 aromatic rings. The number of nitrogens with one attached hydrogen (secondary N) is 1. The molecular formula is C28H25N3. The van der Waals surface area contributed by atoms with Gasteiger partial charge in [0.2, 0.25) is 0 Å².